The van der Waals surface area contributed by atoms with E-state index in [1.54, 1.807) is 12.1 Å². The summed E-state index contributed by atoms with van der Waals surface area (Å²) in [7, 11) is -3.18. The van der Waals surface area contributed by atoms with Crippen LogP contribution in [0.4, 0.5) is 5.69 Å². The highest BCUT2D eigenvalue weighted by atomic mass is 32.2. The van der Waals surface area contributed by atoms with E-state index < -0.39 is 9.84 Å². The summed E-state index contributed by atoms with van der Waals surface area (Å²) in [5, 5.41) is 7.11. The smallest absolute Gasteiger partial charge is 0.180 e. The van der Waals surface area contributed by atoms with Crippen LogP contribution in [-0.4, -0.2) is 32.3 Å². The Balaban J connectivity index is 1.80. The second-order valence-electron chi connectivity index (χ2n) is 6.27. The molecule has 2 aliphatic rings. The molecule has 0 aliphatic carbocycles. The first-order chi connectivity index (χ1) is 10.1. The molecular formula is C16H24N2O2S. The van der Waals surface area contributed by atoms with Crippen LogP contribution >= 0.6 is 0 Å². The van der Waals surface area contributed by atoms with Gasteiger partial charge in [0.1, 0.15) is 0 Å². The van der Waals surface area contributed by atoms with Crippen molar-refractivity contribution < 1.29 is 8.42 Å². The van der Waals surface area contributed by atoms with Crippen molar-refractivity contribution in [3.05, 3.63) is 24.3 Å². The molecule has 2 heterocycles. The van der Waals surface area contributed by atoms with Gasteiger partial charge in [0.05, 0.1) is 16.3 Å². The molecule has 116 valence electrons. The van der Waals surface area contributed by atoms with Gasteiger partial charge in [0.15, 0.2) is 9.84 Å². The SMILES string of the molecule is CCCS(=O)(=O)c1ccccc1NC1CC2CCC(C1)N2. The monoisotopic (exact) mass is 308 g/mol. The van der Waals surface area contributed by atoms with Gasteiger partial charge in [-0.1, -0.05) is 19.1 Å². The molecule has 1 aromatic rings. The van der Waals surface area contributed by atoms with Crippen LogP contribution in [0.3, 0.4) is 0 Å². The van der Waals surface area contributed by atoms with Gasteiger partial charge in [0, 0.05) is 18.1 Å². The summed E-state index contributed by atoms with van der Waals surface area (Å²) in [6.07, 6.45) is 5.31. The average Bonchev–Trinajstić information content (AvgIpc) is 2.78. The maximum atomic E-state index is 12.4. The summed E-state index contributed by atoms with van der Waals surface area (Å²) in [4.78, 5) is 0.456. The molecule has 2 atom stereocenters. The Hall–Kier alpha value is -1.07. The summed E-state index contributed by atoms with van der Waals surface area (Å²) in [5.74, 6) is 0.211. The Labute approximate surface area is 127 Å². The normalized spacial score (nSPS) is 28.5. The predicted octanol–water partition coefficient (Wildman–Crippen LogP) is 2.57. The molecule has 2 unspecified atom stereocenters. The van der Waals surface area contributed by atoms with Gasteiger partial charge in [-0.25, -0.2) is 8.42 Å². The number of para-hydroxylation sites is 1. The van der Waals surface area contributed by atoms with Crippen molar-refractivity contribution in [3.63, 3.8) is 0 Å². The second-order valence-corrected chi connectivity index (χ2v) is 8.34. The highest BCUT2D eigenvalue weighted by molar-refractivity contribution is 7.91. The Kier molecular flexibility index (Phi) is 4.22. The first-order valence-electron chi connectivity index (χ1n) is 7.93. The summed E-state index contributed by atoms with van der Waals surface area (Å²) < 4.78 is 24.8. The lowest BCUT2D eigenvalue weighted by Crippen LogP contribution is -2.43. The molecule has 2 bridgehead atoms. The van der Waals surface area contributed by atoms with Gasteiger partial charge >= 0.3 is 0 Å². The molecule has 0 radical (unpaired) electrons. The van der Waals surface area contributed by atoms with Crippen molar-refractivity contribution in [2.45, 2.75) is 62.0 Å². The Morgan fingerprint density at radius 1 is 1.19 bits per heavy atom. The maximum Gasteiger partial charge on any atom is 0.180 e. The summed E-state index contributed by atoms with van der Waals surface area (Å²) >= 11 is 0. The number of rotatable bonds is 5. The molecule has 5 heteroatoms. The molecule has 3 rings (SSSR count). The molecule has 0 aromatic heterocycles. The Morgan fingerprint density at radius 2 is 1.86 bits per heavy atom. The number of benzene rings is 1. The zero-order chi connectivity index (χ0) is 14.9. The molecule has 21 heavy (non-hydrogen) atoms. The topological polar surface area (TPSA) is 58.2 Å². The number of hydrogen-bond acceptors (Lipinski definition) is 4. The van der Waals surface area contributed by atoms with Crippen molar-refractivity contribution in [1.82, 2.24) is 5.32 Å². The van der Waals surface area contributed by atoms with E-state index in [0.29, 0.717) is 29.4 Å². The van der Waals surface area contributed by atoms with E-state index in [-0.39, 0.29) is 5.75 Å². The largest absolute Gasteiger partial charge is 0.381 e. The third kappa shape index (κ3) is 3.24. The number of sulfone groups is 1. The second kappa shape index (κ2) is 5.97. The van der Waals surface area contributed by atoms with Crippen molar-refractivity contribution in [2.24, 2.45) is 0 Å². The fourth-order valence-corrected chi connectivity index (χ4v) is 5.14. The van der Waals surface area contributed by atoms with E-state index in [1.165, 1.54) is 12.8 Å². The quantitative estimate of drug-likeness (QED) is 0.878. The molecule has 0 amide bonds. The van der Waals surface area contributed by atoms with E-state index in [9.17, 15) is 8.42 Å². The number of nitrogens with one attached hydrogen (secondary N) is 2. The van der Waals surface area contributed by atoms with E-state index >= 15 is 0 Å². The van der Waals surface area contributed by atoms with Crippen LogP contribution < -0.4 is 10.6 Å². The van der Waals surface area contributed by atoms with E-state index in [4.69, 9.17) is 0 Å². The molecule has 2 fully saturated rings. The fourth-order valence-electron chi connectivity index (χ4n) is 3.63. The number of piperidine rings is 1. The van der Waals surface area contributed by atoms with Crippen molar-refractivity contribution in [3.8, 4) is 0 Å². The third-order valence-electron chi connectivity index (χ3n) is 4.53. The Bertz CT molecular complexity index is 588. The van der Waals surface area contributed by atoms with Crippen LogP contribution in [0.15, 0.2) is 29.2 Å². The van der Waals surface area contributed by atoms with Gasteiger partial charge in [-0.05, 0) is 44.2 Å². The van der Waals surface area contributed by atoms with Gasteiger partial charge in [0.2, 0.25) is 0 Å². The lowest BCUT2D eigenvalue weighted by molar-refractivity contribution is 0.378. The molecule has 1 aromatic carbocycles. The first-order valence-corrected chi connectivity index (χ1v) is 9.58. The van der Waals surface area contributed by atoms with E-state index in [0.717, 1.165) is 18.5 Å². The number of anilines is 1. The predicted molar refractivity (Wildman–Crippen MR) is 85.4 cm³/mol. The third-order valence-corrected chi connectivity index (χ3v) is 6.50. The fraction of sp³-hybridized carbons (Fsp3) is 0.625. The van der Waals surface area contributed by atoms with Gasteiger partial charge in [0.25, 0.3) is 0 Å². The minimum atomic E-state index is -3.18. The van der Waals surface area contributed by atoms with E-state index in [2.05, 4.69) is 10.6 Å². The number of fused-ring (bicyclic) bond motifs is 2. The van der Waals surface area contributed by atoms with Gasteiger partial charge in [-0.15, -0.1) is 0 Å². The van der Waals surface area contributed by atoms with Crippen LogP contribution in [0.25, 0.3) is 0 Å². The summed E-state index contributed by atoms with van der Waals surface area (Å²) in [6.45, 7) is 1.90. The van der Waals surface area contributed by atoms with Crippen LogP contribution in [-0.2, 0) is 9.84 Å². The molecule has 4 nitrogen and oxygen atoms in total. The van der Waals surface area contributed by atoms with Crippen LogP contribution in [0.2, 0.25) is 0 Å². The van der Waals surface area contributed by atoms with Crippen molar-refractivity contribution in [2.75, 3.05) is 11.1 Å². The van der Waals surface area contributed by atoms with Crippen LogP contribution in [0, 0.1) is 0 Å². The van der Waals surface area contributed by atoms with Gasteiger partial charge in [-0.3, -0.25) is 0 Å². The Morgan fingerprint density at radius 3 is 2.52 bits per heavy atom. The highest BCUT2D eigenvalue weighted by Crippen LogP contribution is 2.31. The number of hydrogen-bond donors (Lipinski definition) is 2. The molecule has 2 N–H and O–H groups in total. The van der Waals surface area contributed by atoms with E-state index in [1.807, 2.05) is 19.1 Å². The lowest BCUT2D eigenvalue weighted by Gasteiger charge is -2.31. The minimum absolute atomic E-state index is 0.211. The maximum absolute atomic E-state index is 12.4. The zero-order valence-electron chi connectivity index (χ0n) is 12.5. The molecule has 0 spiro atoms. The standard InChI is InChI=1S/C16H24N2O2S/c1-2-9-21(19,20)16-6-4-3-5-15(16)18-14-10-12-7-8-13(11-14)17-12/h3-6,12-14,17-18H,2,7-11H2,1H3. The highest BCUT2D eigenvalue weighted by Gasteiger charge is 2.33. The lowest BCUT2D eigenvalue weighted by atomic mass is 9.99. The minimum Gasteiger partial charge on any atom is -0.381 e. The van der Waals surface area contributed by atoms with Gasteiger partial charge < -0.3 is 10.6 Å². The van der Waals surface area contributed by atoms with Crippen LogP contribution in [0.1, 0.15) is 39.0 Å². The molecule has 2 aliphatic heterocycles. The van der Waals surface area contributed by atoms with Crippen molar-refractivity contribution in [1.29, 1.82) is 0 Å². The van der Waals surface area contributed by atoms with Gasteiger partial charge in [-0.2, -0.15) is 0 Å². The zero-order valence-corrected chi connectivity index (χ0v) is 13.3. The van der Waals surface area contributed by atoms with Crippen molar-refractivity contribution >= 4 is 15.5 Å². The summed E-state index contributed by atoms with van der Waals surface area (Å²) in [6, 6.07) is 8.90. The first kappa shape index (κ1) is 14.9. The molecule has 2 saturated heterocycles. The van der Waals surface area contributed by atoms with Crippen LogP contribution in [0.5, 0.6) is 0 Å². The summed E-state index contributed by atoms with van der Waals surface area (Å²) in [5.41, 5.74) is 0.775. The molecular weight excluding hydrogens is 284 g/mol. The molecule has 0 saturated carbocycles. The average molecular weight is 308 g/mol.